The Hall–Kier alpha value is -4.34. The first-order valence-electron chi connectivity index (χ1n) is 11.2. The maximum absolute atomic E-state index is 13.5. The first-order valence-corrected chi connectivity index (χ1v) is 11.2. The first kappa shape index (κ1) is 20.3. The van der Waals surface area contributed by atoms with Crippen molar-refractivity contribution >= 4 is 23.5 Å². The molecule has 0 spiro atoms. The molecule has 1 fully saturated rings. The fourth-order valence-electron chi connectivity index (χ4n) is 4.63. The molecule has 4 aromatic heterocycles. The van der Waals surface area contributed by atoms with Crippen LogP contribution in [0.2, 0.25) is 0 Å². The number of fused-ring (bicyclic) bond motifs is 4. The summed E-state index contributed by atoms with van der Waals surface area (Å²) in [5.74, 6) is 0.899. The summed E-state index contributed by atoms with van der Waals surface area (Å²) in [6.07, 6.45) is 7.89. The molecule has 1 atom stereocenters. The third-order valence-electron chi connectivity index (χ3n) is 6.24. The molecular formula is C24H23N9O. The van der Waals surface area contributed by atoms with E-state index in [-0.39, 0.29) is 18.0 Å². The molecule has 10 heteroatoms. The predicted molar refractivity (Wildman–Crippen MR) is 129 cm³/mol. The van der Waals surface area contributed by atoms with Crippen molar-refractivity contribution in [3.8, 4) is 22.5 Å². The standard InChI is InChI=1S/C24H23N9O/c1-15-11-16(5-8-25-15)19-3-4-21-22(28-19)33(18-7-10-32(21)14-18)24(34)30-23-26-9-6-20(29-23)17-12-27-31(2)13-17/h3-6,8-9,11-13,18H,7,10,14H2,1-2H3,(H,26,29,30,34)/t18-/m0/s1. The van der Waals surface area contributed by atoms with Gasteiger partial charge in [0.1, 0.15) is 0 Å². The minimum atomic E-state index is -0.285. The van der Waals surface area contributed by atoms with Gasteiger partial charge in [0, 0.05) is 55.5 Å². The summed E-state index contributed by atoms with van der Waals surface area (Å²) in [4.78, 5) is 35.6. The summed E-state index contributed by atoms with van der Waals surface area (Å²) in [7, 11) is 1.85. The van der Waals surface area contributed by atoms with Gasteiger partial charge in [0.15, 0.2) is 5.82 Å². The van der Waals surface area contributed by atoms with Gasteiger partial charge in [0.2, 0.25) is 5.95 Å². The van der Waals surface area contributed by atoms with E-state index in [2.05, 4.69) is 36.3 Å². The van der Waals surface area contributed by atoms with Gasteiger partial charge in [0.05, 0.1) is 29.3 Å². The van der Waals surface area contributed by atoms with Crippen LogP contribution in [0.15, 0.2) is 55.1 Å². The van der Waals surface area contributed by atoms with Gasteiger partial charge in [-0.3, -0.25) is 19.9 Å². The number of anilines is 3. The van der Waals surface area contributed by atoms with Crippen molar-refractivity contribution in [1.82, 2.24) is 29.7 Å². The number of nitrogens with one attached hydrogen (secondary N) is 1. The van der Waals surface area contributed by atoms with Crippen molar-refractivity contribution in [1.29, 1.82) is 0 Å². The lowest BCUT2D eigenvalue weighted by atomic mass is 10.1. The van der Waals surface area contributed by atoms with Gasteiger partial charge in [-0.25, -0.2) is 19.7 Å². The summed E-state index contributed by atoms with van der Waals surface area (Å²) in [6, 6.07) is 9.53. The zero-order valence-corrected chi connectivity index (χ0v) is 18.9. The Morgan fingerprint density at radius 1 is 1.06 bits per heavy atom. The zero-order chi connectivity index (χ0) is 23.2. The van der Waals surface area contributed by atoms with Crippen molar-refractivity contribution in [2.24, 2.45) is 7.05 Å². The Balaban J connectivity index is 1.33. The van der Waals surface area contributed by atoms with Gasteiger partial charge in [0.25, 0.3) is 0 Å². The Bertz CT molecular complexity index is 1400. The van der Waals surface area contributed by atoms with E-state index in [1.807, 2.05) is 38.4 Å². The van der Waals surface area contributed by atoms with E-state index in [0.29, 0.717) is 11.5 Å². The third kappa shape index (κ3) is 3.53. The topological polar surface area (TPSA) is 105 Å². The van der Waals surface area contributed by atoms with Gasteiger partial charge in [-0.15, -0.1) is 0 Å². The van der Waals surface area contributed by atoms with Crippen molar-refractivity contribution in [3.63, 3.8) is 0 Å². The molecular weight excluding hydrogens is 430 g/mol. The molecule has 6 rings (SSSR count). The fourth-order valence-corrected chi connectivity index (χ4v) is 4.63. The highest BCUT2D eigenvalue weighted by Crippen LogP contribution is 2.40. The lowest BCUT2D eigenvalue weighted by Gasteiger charge is -2.35. The predicted octanol–water partition coefficient (Wildman–Crippen LogP) is 3.27. The van der Waals surface area contributed by atoms with Crippen LogP contribution in [0, 0.1) is 6.92 Å². The molecule has 170 valence electrons. The van der Waals surface area contributed by atoms with Crippen molar-refractivity contribution in [2.75, 3.05) is 28.2 Å². The maximum Gasteiger partial charge on any atom is 0.330 e. The summed E-state index contributed by atoms with van der Waals surface area (Å²) < 4.78 is 1.71. The van der Waals surface area contributed by atoms with E-state index in [9.17, 15) is 4.79 Å². The summed E-state index contributed by atoms with van der Waals surface area (Å²) >= 11 is 0. The number of carbonyl (C=O) groups excluding carboxylic acids is 1. The molecule has 2 bridgehead atoms. The Labute approximate surface area is 196 Å². The van der Waals surface area contributed by atoms with Gasteiger partial charge >= 0.3 is 6.03 Å². The van der Waals surface area contributed by atoms with Crippen LogP contribution in [-0.2, 0) is 7.05 Å². The second-order valence-corrected chi connectivity index (χ2v) is 8.58. The Kier molecular flexibility index (Phi) is 4.72. The summed E-state index contributed by atoms with van der Waals surface area (Å²) in [5.41, 5.74) is 5.20. The molecule has 2 amide bonds. The third-order valence-corrected chi connectivity index (χ3v) is 6.24. The maximum atomic E-state index is 13.5. The number of urea groups is 1. The number of aromatic nitrogens is 6. The van der Waals surface area contributed by atoms with Gasteiger partial charge < -0.3 is 4.90 Å². The van der Waals surface area contributed by atoms with Crippen LogP contribution < -0.4 is 15.1 Å². The second-order valence-electron chi connectivity index (χ2n) is 8.58. The molecule has 1 saturated heterocycles. The van der Waals surface area contributed by atoms with E-state index in [1.54, 1.807) is 34.2 Å². The van der Waals surface area contributed by atoms with Crippen LogP contribution in [0.3, 0.4) is 0 Å². The average molecular weight is 454 g/mol. The smallest absolute Gasteiger partial charge is 0.330 e. The number of aryl methyl sites for hydroxylation is 2. The average Bonchev–Trinajstić information content (AvgIpc) is 3.46. The lowest BCUT2D eigenvalue weighted by molar-refractivity contribution is 0.254. The number of amides is 2. The second kappa shape index (κ2) is 7.91. The molecule has 10 nitrogen and oxygen atoms in total. The van der Waals surface area contributed by atoms with Crippen LogP contribution in [0.4, 0.5) is 22.2 Å². The van der Waals surface area contributed by atoms with Crippen molar-refractivity contribution in [2.45, 2.75) is 19.4 Å². The van der Waals surface area contributed by atoms with Crippen LogP contribution in [0.5, 0.6) is 0 Å². The fraction of sp³-hybridized carbons (Fsp3) is 0.250. The summed E-state index contributed by atoms with van der Waals surface area (Å²) in [6.45, 7) is 3.63. The number of hydrogen-bond acceptors (Lipinski definition) is 7. The molecule has 34 heavy (non-hydrogen) atoms. The van der Waals surface area contributed by atoms with E-state index in [4.69, 9.17) is 4.98 Å². The highest BCUT2D eigenvalue weighted by Gasteiger charge is 2.40. The Morgan fingerprint density at radius 2 is 1.91 bits per heavy atom. The van der Waals surface area contributed by atoms with Crippen LogP contribution >= 0.6 is 0 Å². The molecule has 4 aromatic rings. The van der Waals surface area contributed by atoms with E-state index in [1.165, 1.54) is 0 Å². The number of pyridine rings is 2. The Morgan fingerprint density at radius 3 is 2.74 bits per heavy atom. The molecule has 0 aromatic carbocycles. The lowest BCUT2D eigenvalue weighted by Crippen LogP contribution is -2.48. The van der Waals surface area contributed by atoms with Gasteiger partial charge in [-0.1, -0.05) is 0 Å². The summed E-state index contributed by atoms with van der Waals surface area (Å²) in [5, 5.41) is 7.08. The van der Waals surface area contributed by atoms with E-state index < -0.39 is 0 Å². The van der Waals surface area contributed by atoms with Gasteiger partial charge in [-0.05, 0) is 43.7 Å². The number of carbonyl (C=O) groups is 1. The van der Waals surface area contributed by atoms with Crippen LogP contribution in [0.25, 0.3) is 22.5 Å². The van der Waals surface area contributed by atoms with Crippen molar-refractivity contribution < 1.29 is 4.79 Å². The highest BCUT2D eigenvalue weighted by atomic mass is 16.2. The van der Waals surface area contributed by atoms with Gasteiger partial charge in [-0.2, -0.15) is 5.10 Å². The quantitative estimate of drug-likeness (QED) is 0.508. The molecule has 0 radical (unpaired) electrons. The number of hydrogen-bond donors (Lipinski definition) is 1. The minimum Gasteiger partial charge on any atom is -0.366 e. The van der Waals surface area contributed by atoms with Crippen LogP contribution in [-0.4, -0.2) is 54.9 Å². The molecule has 0 aliphatic carbocycles. The van der Waals surface area contributed by atoms with Crippen molar-refractivity contribution in [3.05, 3.63) is 60.8 Å². The minimum absolute atomic E-state index is 0.0379. The molecule has 0 unspecified atom stereocenters. The monoisotopic (exact) mass is 453 g/mol. The normalized spacial score (nSPS) is 16.5. The molecule has 0 saturated carbocycles. The molecule has 6 heterocycles. The number of nitrogens with zero attached hydrogens (tertiary/aromatic N) is 8. The van der Waals surface area contributed by atoms with Crippen LogP contribution in [0.1, 0.15) is 12.1 Å². The highest BCUT2D eigenvalue weighted by molar-refractivity contribution is 6.04. The number of rotatable bonds is 3. The largest absolute Gasteiger partial charge is 0.366 e. The first-order chi connectivity index (χ1) is 16.5. The van der Waals surface area contributed by atoms with E-state index >= 15 is 0 Å². The molecule has 2 aliphatic rings. The molecule has 1 N–H and O–H groups in total. The zero-order valence-electron chi connectivity index (χ0n) is 18.9. The van der Waals surface area contributed by atoms with E-state index in [0.717, 1.165) is 47.7 Å². The molecule has 2 aliphatic heterocycles. The SMILES string of the molecule is Cc1cc(-c2ccc3c(n2)N(C(=O)Nc2nccc(-c4cnn(C)c4)n2)[C@H]2CCN3C2)ccn1.